The maximum absolute atomic E-state index is 12.1. The predicted molar refractivity (Wildman–Crippen MR) is 73.6 cm³/mol. The average Bonchev–Trinajstić information content (AvgIpc) is 2.38. The minimum absolute atomic E-state index is 0.192. The second kappa shape index (κ2) is 7.23. The summed E-state index contributed by atoms with van der Waals surface area (Å²) < 4.78 is 4.82. The van der Waals surface area contributed by atoms with Crippen LogP contribution in [0.25, 0.3) is 0 Å². The van der Waals surface area contributed by atoms with Crippen LogP contribution in [0.2, 0.25) is 0 Å². The van der Waals surface area contributed by atoms with Crippen LogP contribution in [0.15, 0.2) is 24.3 Å². The Hall–Kier alpha value is -1.43. The number of nitrogens with zero attached hydrogens (tertiary/aromatic N) is 1. The van der Waals surface area contributed by atoms with Gasteiger partial charge >= 0.3 is 0 Å². The van der Waals surface area contributed by atoms with E-state index >= 15 is 0 Å². The van der Waals surface area contributed by atoms with Crippen LogP contribution in [0.4, 0.5) is 0 Å². The molecular formula is C14H22N2O3. The highest BCUT2D eigenvalue weighted by atomic mass is 16.5. The standard InChI is InChI=1S/C14H22N2O3/c1-10-4-6-11(7-5-10)13(15)14(18)16(2)8-12(17)9-19-3/h4-7,12-13,17H,8-9,15H2,1-3H3. The lowest BCUT2D eigenvalue weighted by Gasteiger charge is -2.23. The van der Waals surface area contributed by atoms with Gasteiger partial charge in [0, 0.05) is 20.7 Å². The second-order valence-electron chi connectivity index (χ2n) is 4.72. The Kier molecular flexibility index (Phi) is 5.95. The Labute approximate surface area is 114 Å². The number of aliphatic hydroxyl groups is 1. The molecule has 0 bridgehead atoms. The molecule has 0 aliphatic rings. The summed E-state index contributed by atoms with van der Waals surface area (Å²) in [6.07, 6.45) is -0.704. The van der Waals surface area contributed by atoms with Crippen LogP contribution in [0, 0.1) is 6.92 Å². The van der Waals surface area contributed by atoms with Crippen molar-refractivity contribution in [1.29, 1.82) is 0 Å². The molecule has 0 fully saturated rings. The first-order valence-electron chi connectivity index (χ1n) is 6.19. The first kappa shape index (κ1) is 15.6. The van der Waals surface area contributed by atoms with E-state index in [1.165, 1.54) is 12.0 Å². The summed E-state index contributed by atoms with van der Waals surface area (Å²) in [5.41, 5.74) is 7.82. The molecule has 106 valence electrons. The number of rotatable bonds is 6. The Morgan fingerprint density at radius 3 is 2.53 bits per heavy atom. The lowest BCUT2D eigenvalue weighted by molar-refractivity contribution is -0.133. The maximum atomic E-state index is 12.1. The molecule has 0 aromatic heterocycles. The van der Waals surface area contributed by atoms with Crippen LogP contribution >= 0.6 is 0 Å². The van der Waals surface area contributed by atoms with Crippen molar-refractivity contribution in [2.45, 2.75) is 19.1 Å². The zero-order chi connectivity index (χ0) is 14.4. The number of hydrogen-bond acceptors (Lipinski definition) is 4. The monoisotopic (exact) mass is 266 g/mol. The first-order valence-corrected chi connectivity index (χ1v) is 6.19. The predicted octanol–water partition coefficient (Wildman–Crippen LogP) is 0.461. The van der Waals surface area contributed by atoms with Crippen molar-refractivity contribution >= 4 is 5.91 Å². The lowest BCUT2D eigenvalue weighted by atomic mass is 10.0. The number of carbonyl (C=O) groups is 1. The third-order valence-electron chi connectivity index (χ3n) is 2.92. The molecule has 0 aliphatic carbocycles. The van der Waals surface area contributed by atoms with E-state index in [4.69, 9.17) is 10.5 Å². The third kappa shape index (κ3) is 4.63. The molecule has 19 heavy (non-hydrogen) atoms. The third-order valence-corrected chi connectivity index (χ3v) is 2.92. The van der Waals surface area contributed by atoms with Crippen molar-refractivity contribution in [3.05, 3.63) is 35.4 Å². The smallest absolute Gasteiger partial charge is 0.243 e. The number of nitrogens with two attached hydrogens (primary N) is 1. The topological polar surface area (TPSA) is 75.8 Å². The molecule has 0 aliphatic heterocycles. The molecule has 0 radical (unpaired) electrons. The van der Waals surface area contributed by atoms with Crippen LogP contribution in [0.5, 0.6) is 0 Å². The van der Waals surface area contributed by atoms with Crippen molar-refractivity contribution < 1.29 is 14.6 Å². The molecule has 3 N–H and O–H groups in total. The Morgan fingerprint density at radius 2 is 2.00 bits per heavy atom. The highest BCUT2D eigenvalue weighted by molar-refractivity contribution is 5.82. The van der Waals surface area contributed by atoms with Gasteiger partial charge in [-0.3, -0.25) is 4.79 Å². The Bertz CT molecular complexity index is 406. The number of methoxy groups -OCH3 is 1. The number of amides is 1. The van der Waals surface area contributed by atoms with E-state index in [2.05, 4.69) is 0 Å². The van der Waals surface area contributed by atoms with Gasteiger partial charge in [0.15, 0.2) is 0 Å². The number of hydrogen-bond donors (Lipinski definition) is 2. The van der Waals surface area contributed by atoms with Gasteiger partial charge in [0.1, 0.15) is 6.04 Å². The highest BCUT2D eigenvalue weighted by Crippen LogP contribution is 2.13. The summed E-state index contributed by atoms with van der Waals surface area (Å²) in [5.74, 6) is -0.223. The molecule has 1 aromatic carbocycles. The fourth-order valence-electron chi connectivity index (χ4n) is 1.80. The van der Waals surface area contributed by atoms with Crippen LogP contribution in [0.3, 0.4) is 0 Å². The minimum atomic E-state index is -0.708. The molecule has 5 heteroatoms. The van der Waals surface area contributed by atoms with E-state index < -0.39 is 12.1 Å². The number of likely N-dealkylation sites (N-methyl/N-ethyl adjacent to an activating group) is 1. The number of ether oxygens (including phenoxy) is 1. The van der Waals surface area contributed by atoms with Crippen LogP contribution in [0.1, 0.15) is 17.2 Å². The largest absolute Gasteiger partial charge is 0.389 e. The molecule has 0 saturated heterocycles. The SMILES string of the molecule is COCC(O)CN(C)C(=O)C(N)c1ccc(C)cc1. The van der Waals surface area contributed by atoms with Gasteiger partial charge in [0.25, 0.3) is 0 Å². The van der Waals surface area contributed by atoms with Gasteiger partial charge in [-0.1, -0.05) is 29.8 Å². The van der Waals surface area contributed by atoms with Gasteiger partial charge in [-0.25, -0.2) is 0 Å². The average molecular weight is 266 g/mol. The molecule has 2 atom stereocenters. The summed E-state index contributed by atoms with van der Waals surface area (Å²) in [6.45, 7) is 2.37. The van der Waals surface area contributed by atoms with Crippen molar-refractivity contribution in [2.75, 3.05) is 27.3 Å². The lowest BCUT2D eigenvalue weighted by Crippen LogP contribution is -2.41. The van der Waals surface area contributed by atoms with Crippen molar-refractivity contribution in [3.8, 4) is 0 Å². The summed E-state index contributed by atoms with van der Waals surface area (Å²) >= 11 is 0. The first-order chi connectivity index (χ1) is 8.95. The van der Waals surface area contributed by atoms with Gasteiger partial charge < -0.3 is 20.5 Å². The quantitative estimate of drug-likeness (QED) is 0.784. The summed E-state index contributed by atoms with van der Waals surface area (Å²) in [6, 6.07) is 6.82. The van der Waals surface area contributed by atoms with Crippen LogP contribution in [-0.2, 0) is 9.53 Å². The number of benzene rings is 1. The van der Waals surface area contributed by atoms with Gasteiger partial charge in [-0.15, -0.1) is 0 Å². The van der Waals surface area contributed by atoms with E-state index in [0.29, 0.717) is 0 Å². The van der Waals surface area contributed by atoms with Crippen LogP contribution in [-0.4, -0.2) is 49.3 Å². The summed E-state index contributed by atoms with van der Waals surface area (Å²) in [7, 11) is 3.12. The second-order valence-corrected chi connectivity index (χ2v) is 4.72. The molecule has 0 heterocycles. The number of aliphatic hydroxyl groups excluding tert-OH is 1. The van der Waals surface area contributed by atoms with Crippen LogP contribution < -0.4 is 5.73 Å². The van der Waals surface area contributed by atoms with Crippen molar-refractivity contribution in [1.82, 2.24) is 4.90 Å². The number of aryl methyl sites for hydroxylation is 1. The van der Waals surface area contributed by atoms with Crippen molar-refractivity contribution in [2.24, 2.45) is 5.73 Å². The van der Waals surface area contributed by atoms with E-state index in [9.17, 15) is 9.90 Å². The van der Waals surface area contributed by atoms with Gasteiger partial charge in [-0.05, 0) is 12.5 Å². The molecule has 1 amide bonds. The van der Waals surface area contributed by atoms with E-state index in [-0.39, 0.29) is 19.1 Å². The molecule has 1 rings (SSSR count). The van der Waals surface area contributed by atoms with Gasteiger partial charge in [-0.2, -0.15) is 0 Å². The minimum Gasteiger partial charge on any atom is -0.389 e. The summed E-state index contributed by atoms with van der Waals surface area (Å²) in [4.78, 5) is 13.5. The fourth-order valence-corrected chi connectivity index (χ4v) is 1.80. The van der Waals surface area contributed by atoms with E-state index in [1.807, 2.05) is 31.2 Å². The maximum Gasteiger partial charge on any atom is 0.243 e. The summed E-state index contributed by atoms with van der Waals surface area (Å²) in [5, 5.41) is 9.60. The fraction of sp³-hybridized carbons (Fsp3) is 0.500. The molecule has 0 spiro atoms. The van der Waals surface area contributed by atoms with E-state index in [0.717, 1.165) is 11.1 Å². The van der Waals surface area contributed by atoms with Gasteiger partial charge in [0.2, 0.25) is 5.91 Å². The van der Waals surface area contributed by atoms with E-state index in [1.54, 1.807) is 7.05 Å². The van der Waals surface area contributed by atoms with Crippen molar-refractivity contribution in [3.63, 3.8) is 0 Å². The highest BCUT2D eigenvalue weighted by Gasteiger charge is 2.21. The molecular weight excluding hydrogens is 244 g/mol. The zero-order valence-corrected chi connectivity index (χ0v) is 11.7. The zero-order valence-electron chi connectivity index (χ0n) is 11.7. The molecule has 5 nitrogen and oxygen atoms in total. The Balaban J connectivity index is 2.63. The molecule has 2 unspecified atom stereocenters. The number of carbonyl (C=O) groups excluding carboxylic acids is 1. The normalized spacial score (nSPS) is 13.9. The van der Waals surface area contributed by atoms with Gasteiger partial charge in [0.05, 0.1) is 12.7 Å². The Morgan fingerprint density at radius 1 is 1.42 bits per heavy atom. The molecule has 1 aromatic rings. The molecule has 0 saturated carbocycles.